The van der Waals surface area contributed by atoms with E-state index in [0.29, 0.717) is 0 Å². The highest BCUT2D eigenvalue weighted by Crippen LogP contribution is 2.23. The number of hydrogen-bond acceptors (Lipinski definition) is 8. The highest BCUT2D eigenvalue weighted by molar-refractivity contribution is 5.84. The molecular weight excluding hydrogens is 358 g/mol. The number of rotatable bonds is 7. The molecular formula is C18H25NO8. The smallest absolute Gasteiger partial charge is 0.328 e. The van der Waals surface area contributed by atoms with Crippen LogP contribution in [0.5, 0.6) is 0 Å². The van der Waals surface area contributed by atoms with Gasteiger partial charge in [-0.05, 0) is 5.56 Å². The summed E-state index contributed by atoms with van der Waals surface area (Å²) in [5.74, 6) is -1.23. The van der Waals surface area contributed by atoms with Crippen LogP contribution in [0.25, 0.3) is 0 Å². The van der Waals surface area contributed by atoms with Crippen molar-refractivity contribution in [1.82, 2.24) is 5.32 Å². The van der Waals surface area contributed by atoms with E-state index in [2.05, 4.69) is 5.32 Å². The molecule has 5 N–H and O–H groups in total. The van der Waals surface area contributed by atoms with Crippen LogP contribution in [0.2, 0.25) is 0 Å². The van der Waals surface area contributed by atoms with Gasteiger partial charge in [-0.25, -0.2) is 4.79 Å². The lowest BCUT2D eigenvalue weighted by Gasteiger charge is -2.39. The maximum atomic E-state index is 12.3. The number of carbonyl (C=O) groups is 2. The zero-order chi connectivity index (χ0) is 20.0. The minimum absolute atomic E-state index is 0.216. The molecule has 150 valence electrons. The topological polar surface area (TPSA) is 146 Å². The van der Waals surface area contributed by atoms with Gasteiger partial charge in [0.1, 0.15) is 30.5 Å². The molecule has 0 radical (unpaired) electrons. The molecule has 1 aliphatic heterocycles. The number of ether oxygens (including phenoxy) is 2. The Labute approximate surface area is 156 Å². The Bertz CT molecular complexity index is 623. The quantitative estimate of drug-likeness (QED) is 0.344. The van der Waals surface area contributed by atoms with Crippen molar-refractivity contribution >= 4 is 11.9 Å². The zero-order valence-corrected chi connectivity index (χ0v) is 14.9. The lowest BCUT2D eigenvalue weighted by atomic mass is 9.93. The van der Waals surface area contributed by atoms with E-state index in [-0.39, 0.29) is 12.8 Å². The summed E-state index contributed by atoms with van der Waals surface area (Å²) in [5.41, 5.74) is 0.820. The van der Waals surface area contributed by atoms with Crippen molar-refractivity contribution in [3.8, 4) is 0 Å². The molecule has 1 fully saturated rings. The van der Waals surface area contributed by atoms with Gasteiger partial charge in [-0.3, -0.25) is 4.79 Å². The van der Waals surface area contributed by atoms with Gasteiger partial charge in [0.25, 0.3) is 0 Å². The maximum absolute atomic E-state index is 12.3. The van der Waals surface area contributed by atoms with Gasteiger partial charge in [-0.2, -0.15) is 0 Å². The Morgan fingerprint density at radius 1 is 1.11 bits per heavy atom. The SMILES string of the molecule is COC(=O)C(Cc1ccccc1)NC(=O)CC1OC(CO)C(O)C(O)C1O. The van der Waals surface area contributed by atoms with E-state index in [9.17, 15) is 30.0 Å². The third-order valence-corrected chi connectivity index (χ3v) is 4.48. The van der Waals surface area contributed by atoms with E-state index in [4.69, 9.17) is 9.47 Å². The molecule has 0 aromatic heterocycles. The van der Waals surface area contributed by atoms with Crippen molar-refractivity contribution in [2.24, 2.45) is 0 Å². The van der Waals surface area contributed by atoms with E-state index in [1.165, 1.54) is 7.11 Å². The molecule has 27 heavy (non-hydrogen) atoms. The molecule has 9 heteroatoms. The number of methoxy groups -OCH3 is 1. The van der Waals surface area contributed by atoms with E-state index < -0.39 is 55.0 Å². The van der Waals surface area contributed by atoms with Gasteiger partial charge >= 0.3 is 5.97 Å². The number of esters is 1. The third kappa shape index (κ3) is 5.47. The van der Waals surface area contributed by atoms with Crippen LogP contribution in [0.4, 0.5) is 0 Å². The van der Waals surface area contributed by atoms with E-state index in [0.717, 1.165) is 5.56 Å². The normalized spacial score (nSPS) is 29.0. The van der Waals surface area contributed by atoms with Crippen molar-refractivity contribution < 1.29 is 39.5 Å². The van der Waals surface area contributed by atoms with Crippen LogP contribution in [0.3, 0.4) is 0 Å². The monoisotopic (exact) mass is 383 g/mol. The molecule has 1 aliphatic rings. The molecule has 2 rings (SSSR count). The summed E-state index contributed by atoms with van der Waals surface area (Å²) < 4.78 is 10.0. The third-order valence-electron chi connectivity index (χ3n) is 4.48. The van der Waals surface area contributed by atoms with Gasteiger partial charge in [-0.15, -0.1) is 0 Å². The highest BCUT2D eigenvalue weighted by Gasteiger charge is 2.44. The fourth-order valence-electron chi connectivity index (χ4n) is 2.97. The minimum Gasteiger partial charge on any atom is -0.467 e. The number of hydrogen-bond donors (Lipinski definition) is 5. The first-order chi connectivity index (χ1) is 12.9. The van der Waals surface area contributed by atoms with Crippen LogP contribution >= 0.6 is 0 Å². The molecule has 0 spiro atoms. The largest absolute Gasteiger partial charge is 0.467 e. The molecule has 6 unspecified atom stereocenters. The van der Waals surface area contributed by atoms with Gasteiger partial charge in [0, 0.05) is 6.42 Å². The second-order valence-electron chi connectivity index (χ2n) is 6.40. The number of aliphatic hydroxyl groups excluding tert-OH is 4. The molecule has 0 aliphatic carbocycles. The second-order valence-corrected chi connectivity index (χ2v) is 6.40. The standard InChI is InChI=1S/C18H25NO8/c1-26-18(25)11(7-10-5-3-2-4-6-10)19-14(21)8-12-15(22)17(24)16(23)13(9-20)27-12/h2-6,11-13,15-17,20,22-24H,7-9H2,1H3,(H,19,21). The summed E-state index contributed by atoms with van der Waals surface area (Å²) in [6, 6.07) is 8.11. The Hall–Kier alpha value is -2.04. The fourth-order valence-corrected chi connectivity index (χ4v) is 2.97. The van der Waals surface area contributed by atoms with E-state index in [1.807, 2.05) is 6.07 Å². The zero-order valence-electron chi connectivity index (χ0n) is 14.9. The predicted octanol–water partition coefficient (Wildman–Crippen LogP) is -1.88. The number of benzene rings is 1. The molecule has 9 nitrogen and oxygen atoms in total. The van der Waals surface area contributed by atoms with Gasteiger partial charge in [-0.1, -0.05) is 30.3 Å². The predicted molar refractivity (Wildman–Crippen MR) is 92.5 cm³/mol. The molecule has 6 atom stereocenters. The van der Waals surface area contributed by atoms with Crippen LogP contribution in [-0.2, 0) is 25.5 Å². The summed E-state index contributed by atoms with van der Waals surface area (Å²) in [5, 5.41) is 41.3. The van der Waals surface area contributed by atoms with Crippen molar-refractivity contribution in [3.63, 3.8) is 0 Å². The Balaban J connectivity index is 2.01. The number of nitrogens with one attached hydrogen (secondary N) is 1. The second kappa shape index (κ2) is 9.77. The van der Waals surface area contributed by atoms with Gasteiger partial charge in [0.2, 0.25) is 5.91 Å². The number of carbonyl (C=O) groups excluding carboxylic acids is 2. The van der Waals surface area contributed by atoms with E-state index in [1.54, 1.807) is 24.3 Å². The first-order valence-corrected chi connectivity index (χ1v) is 8.59. The summed E-state index contributed by atoms with van der Waals surface area (Å²) in [6.07, 6.45) is -6.96. The Kier molecular flexibility index (Phi) is 7.69. The van der Waals surface area contributed by atoms with Crippen molar-refractivity contribution in [3.05, 3.63) is 35.9 Å². The first kappa shape index (κ1) is 21.3. The number of amides is 1. The van der Waals surface area contributed by atoms with Gasteiger partial charge in [0.05, 0.1) is 26.2 Å². The highest BCUT2D eigenvalue weighted by atomic mass is 16.5. The summed E-state index contributed by atoms with van der Waals surface area (Å²) in [6.45, 7) is -0.581. The summed E-state index contributed by atoms with van der Waals surface area (Å²) >= 11 is 0. The lowest BCUT2D eigenvalue weighted by Crippen LogP contribution is -2.59. The first-order valence-electron chi connectivity index (χ1n) is 8.59. The minimum atomic E-state index is -1.56. The molecule has 1 aromatic carbocycles. The van der Waals surface area contributed by atoms with Crippen LogP contribution in [0, 0.1) is 0 Å². The molecule has 0 bridgehead atoms. The molecule has 0 saturated carbocycles. The van der Waals surface area contributed by atoms with Crippen LogP contribution < -0.4 is 5.32 Å². The van der Waals surface area contributed by atoms with Gasteiger partial charge in [0.15, 0.2) is 0 Å². The Morgan fingerprint density at radius 3 is 2.33 bits per heavy atom. The molecule has 1 saturated heterocycles. The fraction of sp³-hybridized carbons (Fsp3) is 0.556. The van der Waals surface area contributed by atoms with Crippen molar-refractivity contribution in [2.75, 3.05) is 13.7 Å². The summed E-state index contributed by atoms with van der Waals surface area (Å²) in [7, 11) is 1.21. The van der Waals surface area contributed by atoms with Crippen LogP contribution in [0.1, 0.15) is 12.0 Å². The lowest BCUT2D eigenvalue weighted by molar-refractivity contribution is -0.229. The maximum Gasteiger partial charge on any atom is 0.328 e. The molecule has 1 heterocycles. The average molecular weight is 383 g/mol. The van der Waals surface area contributed by atoms with Gasteiger partial charge < -0.3 is 35.2 Å². The van der Waals surface area contributed by atoms with E-state index >= 15 is 0 Å². The van der Waals surface area contributed by atoms with Crippen LogP contribution in [-0.4, -0.2) is 82.6 Å². The number of aliphatic hydroxyl groups is 4. The van der Waals surface area contributed by atoms with Crippen molar-refractivity contribution in [2.45, 2.75) is 49.4 Å². The Morgan fingerprint density at radius 2 is 1.74 bits per heavy atom. The average Bonchev–Trinajstić information content (AvgIpc) is 2.68. The molecule has 1 amide bonds. The van der Waals surface area contributed by atoms with Crippen LogP contribution in [0.15, 0.2) is 30.3 Å². The molecule has 1 aromatic rings. The summed E-state index contributed by atoms with van der Waals surface area (Å²) in [4.78, 5) is 24.3. The van der Waals surface area contributed by atoms with Crippen molar-refractivity contribution in [1.29, 1.82) is 0 Å².